The molecule has 0 aromatic carbocycles. The van der Waals surface area contributed by atoms with Crippen LogP contribution in [0, 0.1) is 11.3 Å². The Morgan fingerprint density at radius 2 is 1.23 bits per heavy atom. The van der Waals surface area contributed by atoms with Gasteiger partial charge in [0.05, 0.1) is 0 Å². The summed E-state index contributed by atoms with van der Waals surface area (Å²) in [6, 6.07) is 0. The molecule has 0 nitrogen and oxygen atoms in total. The number of hydrogen-bond acceptors (Lipinski definition) is 0. The second-order valence-corrected chi connectivity index (χ2v) is 4.12. The Bertz CT molecular complexity index is 70.1. The van der Waals surface area contributed by atoms with Crippen molar-refractivity contribution in [3.63, 3.8) is 0 Å². The molecule has 0 aliphatic carbocycles. The van der Waals surface area contributed by atoms with Crippen LogP contribution in [0.5, 0.6) is 0 Å². The molecule has 0 fully saturated rings. The van der Waals surface area contributed by atoms with E-state index in [1.54, 1.807) is 0 Å². The molecule has 0 unspecified atom stereocenters. The van der Waals surface area contributed by atoms with Gasteiger partial charge in [0.2, 0.25) is 0 Å². The second-order valence-electron chi connectivity index (χ2n) is 4.12. The SMILES string of the molecule is CC.CC.CCC(C)(C)CC(C)C. The third kappa shape index (κ3) is 18.8. The zero-order valence-electron chi connectivity index (χ0n) is 11.5. The van der Waals surface area contributed by atoms with E-state index in [-0.39, 0.29) is 0 Å². The van der Waals surface area contributed by atoms with Crippen LogP contribution in [0.2, 0.25) is 0 Å². The zero-order chi connectivity index (χ0) is 11.5. The van der Waals surface area contributed by atoms with E-state index in [0.717, 1.165) is 5.92 Å². The average molecular weight is 188 g/mol. The number of hydrogen-bond donors (Lipinski definition) is 0. The van der Waals surface area contributed by atoms with Crippen LogP contribution in [-0.2, 0) is 0 Å². The summed E-state index contributed by atoms with van der Waals surface area (Å²) in [5, 5.41) is 0. The van der Waals surface area contributed by atoms with E-state index < -0.39 is 0 Å². The van der Waals surface area contributed by atoms with E-state index in [9.17, 15) is 0 Å². The maximum atomic E-state index is 2.34. The Morgan fingerprint density at radius 3 is 1.31 bits per heavy atom. The summed E-state index contributed by atoms with van der Waals surface area (Å²) >= 11 is 0. The van der Waals surface area contributed by atoms with Gasteiger partial charge < -0.3 is 0 Å². The lowest BCUT2D eigenvalue weighted by Crippen LogP contribution is -2.12. The molecular formula is C13H32. The van der Waals surface area contributed by atoms with Crippen LogP contribution in [-0.4, -0.2) is 0 Å². The largest absolute Gasteiger partial charge is 0.0683 e. The highest BCUT2D eigenvalue weighted by atomic mass is 14.2. The van der Waals surface area contributed by atoms with E-state index in [2.05, 4.69) is 34.6 Å². The van der Waals surface area contributed by atoms with Gasteiger partial charge in [0, 0.05) is 0 Å². The minimum absolute atomic E-state index is 0.564. The molecule has 13 heavy (non-hydrogen) atoms. The van der Waals surface area contributed by atoms with Gasteiger partial charge in [-0.05, 0) is 17.8 Å². The van der Waals surface area contributed by atoms with Crippen molar-refractivity contribution in [2.45, 2.75) is 75.2 Å². The second kappa shape index (κ2) is 12.0. The highest BCUT2D eigenvalue weighted by Crippen LogP contribution is 2.28. The summed E-state index contributed by atoms with van der Waals surface area (Å²) in [7, 11) is 0. The topological polar surface area (TPSA) is 0 Å². The minimum atomic E-state index is 0.564. The Balaban J connectivity index is -0.000000218. The summed E-state index contributed by atoms with van der Waals surface area (Å²) in [6.07, 6.45) is 2.65. The summed E-state index contributed by atoms with van der Waals surface area (Å²) < 4.78 is 0. The smallest absolute Gasteiger partial charge is 0.0354 e. The first-order valence-corrected chi connectivity index (χ1v) is 5.98. The molecule has 0 aromatic rings. The molecule has 84 valence electrons. The summed E-state index contributed by atoms with van der Waals surface area (Å²) in [5.74, 6) is 0.847. The van der Waals surface area contributed by atoms with E-state index in [4.69, 9.17) is 0 Å². The molecule has 0 aliphatic rings. The molecule has 0 rings (SSSR count). The molecule has 0 amide bonds. The van der Waals surface area contributed by atoms with Crippen molar-refractivity contribution in [1.82, 2.24) is 0 Å². The van der Waals surface area contributed by atoms with Gasteiger partial charge in [0.1, 0.15) is 0 Å². The lowest BCUT2D eigenvalue weighted by molar-refractivity contribution is 0.277. The number of rotatable bonds is 3. The fourth-order valence-electron chi connectivity index (χ4n) is 1.25. The molecule has 0 saturated carbocycles. The predicted octanol–water partition coefficient (Wildman–Crippen LogP) is 5.52. The van der Waals surface area contributed by atoms with Gasteiger partial charge in [-0.25, -0.2) is 0 Å². The molecule has 0 spiro atoms. The molecule has 0 bridgehead atoms. The van der Waals surface area contributed by atoms with Gasteiger partial charge in [0.15, 0.2) is 0 Å². The molecule has 0 saturated heterocycles. The van der Waals surface area contributed by atoms with Crippen molar-refractivity contribution in [1.29, 1.82) is 0 Å². The van der Waals surface area contributed by atoms with Crippen LogP contribution in [0.4, 0.5) is 0 Å². The maximum absolute atomic E-state index is 2.34. The highest BCUT2D eigenvalue weighted by molar-refractivity contribution is 4.67. The van der Waals surface area contributed by atoms with Crippen molar-refractivity contribution in [3.05, 3.63) is 0 Å². The molecule has 0 aromatic heterocycles. The standard InChI is InChI=1S/C9H20.2C2H6/c1-6-9(4,5)7-8(2)3;2*1-2/h8H,6-7H2,1-5H3;2*1-2H3. The van der Waals surface area contributed by atoms with Gasteiger partial charge in [-0.2, -0.15) is 0 Å². The summed E-state index contributed by atoms with van der Waals surface area (Å²) in [5.41, 5.74) is 0.564. The molecule has 0 heteroatoms. The summed E-state index contributed by atoms with van der Waals surface area (Å²) in [4.78, 5) is 0. The highest BCUT2D eigenvalue weighted by Gasteiger charge is 2.15. The maximum Gasteiger partial charge on any atom is -0.0354 e. The lowest BCUT2D eigenvalue weighted by atomic mass is 9.82. The van der Waals surface area contributed by atoms with Crippen LogP contribution < -0.4 is 0 Å². The molecule has 0 heterocycles. The van der Waals surface area contributed by atoms with Crippen molar-refractivity contribution in [2.24, 2.45) is 11.3 Å². The first kappa shape index (κ1) is 18.7. The molecule has 0 aliphatic heterocycles. The van der Waals surface area contributed by atoms with E-state index in [0.29, 0.717) is 5.41 Å². The van der Waals surface area contributed by atoms with Crippen LogP contribution in [0.15, 0.2) is 0 Å². The van der Waals surface area contributed by atoms with E-state index in [1.807, 2.05) is 27.7 Å². The Hall–Kier alpha value is 0. The Kier molecular flexibility index (Phi) is 17.3. The zero-order valence-corrected chi connectivity index (χ0v) is 11.5. The molecule has 0 N–H and O–H groups in total. The first-order valence-electron chi connectivity index (χ1n) is 5.98. The fraction of sp³-hybridized carbons (Fsp3) is 1.00. The van der Waals surface area contributed by atoms with Crippen molar-refractivity contribution in [2.75, 3.05) is 0 Å². The van der Waals surface area contributed by atoms with Crippen molar-refractivity contribution in [3.8, 4) is 0 Å². The minimum Gasteiger partial charge on any atom is -0.0683 e. The fourth-order valence-corrected chi connectivity index (χ4v) is 1.25. The quantitative estimate of drug-likeness (QED) is 0.547. The van der Waals surface area contributed by atoms with Crippen LogP contribution in [0.1, 0.15) is 75.2 Å². The van der Waals surface area contributed by atoms with Gasteiger partial charge in [0.25, 0.3) is 0 Å². The summed E-state index contributed by atoms with van der Waals surface area (Å²) in [6.45, 7) is 19.5. The monoisotopic (exact) mass is 188 g/mol. The molecule has 0 radical (unpaired) electrons. The van der Waals surface area contributed by atoms with Crippen LogP contribution in [0.3, 0.4) is 0 Å². The van der Waals surface area contributed by atoms with E-state index in [1.165, 1.54) is 12.8 Å². The Morgan fingerprint density at radius 1 is 0.923 bits per heavy atom. The molecule has 0 atom stereocenters. The third-order valence-corrected chi connectivity index (χ3v) is 1.92. The first-order chi connectivity index (χ1) is 5.98. The van der Waals surface area contributed by atoms with Crippen molar-refractivity contribution < 1.29 is 0 Å². The Labute approximate surface area is 87.1 Å². The van der Waals surface area contributed by atoms with Gasteiger partial charge in [-0.3, -0.25) is 0 Å². The van der Waals surface area contributed by atoms with Crippen LogP contribution >= 0.6 is 0 Å². The van der Waals surface area contributed by atoms with Crippen LogP contribution in [0.25, 0.3) is 0 Å². The van der Waals surface area contributed by atoms with Crippen molar-refractivity contribution >= 4 is 0 Å². The van der Waals surface area contributed by atoms with Gasteiger partial charge in [-0.1, -0.05) is 68.7 Å². The normalized spacial score (nSPS) is 9.69. The van der Waals surface area contributed by atoms with Gasteiger partial charge in [-0.15, -0.1) is 0 Å². The van der Waals surface area contributed by atoms with E-state index >= 15 is 0 Å². The third-order valence-electron chi connectivity index (χ3n) is 1.92. The van der Waals surface area contributed by atoms with Gasteiger partial charge >= 0.3 is 0 Å². The lowest BCUT2D eigenvalue weighted by Gasteiger charge is -2.24. The predicted molar refractivity (Wildman–Crippen MR) is 66.2 cm³/mol. The molecular weight excluding hydrogens is 156 g/mol. The average Bonchev–Trinajstić information content (AvgIpc) is 2.10.